The second-order valence-corrected chi connectivity index (χ2v) is 4.45. The normalized spacial score (nSPS) is 17.7. The highest BCUT2D eigenvalue weighted by atomic mass is 16.5. The van der Waals surface area contributed by atoms with Crippen LogP contribution in [0.1, 0.15) is 25.8 Å². The molecule has 1 N–H and O–H groups in total. The van der Waals surface area contributed by atoms with E-state index >= 15 is 0 Å². The van der Waals surface area contributed by atoms with Crippen LogP contribution in [0.15, 0.2) is 18.2 Å². The third-order valence-electron chi connectivity index (χ3n) is 3.28. The standard InChI is InChI=1S/C14H19NO3/c1-3-8-18-13-7-5-6-11-10(13)9-12(14(16)17)15(11)4-2/h5-7,12H,3-4,8-9H2,1-2H3,(H,16,17). The van der Waals surface area contributed by atoms with Gasteiger partial charge in [-0.05, 0) is 25.5 Å². The summed E-state index contributed by atoms with van der Waals surface area (Å²) in [7, 11) is 0. The van der Waals surface area contributed by atoms with Gasteiger partial charge < -0.3 is 14.7 Å². The first-order valence-electron chi connectivity index (χ1n) is 6.43. The van der Waals surface area contributed by atoms with E-state index in [2.05, 4.69) is 6.92 Å². The van der Waals surface area contributed by atoms with Crippen molar-refractivity contribution in [2.45, 2.75) is 32.7 Å². The number of fused-ring (bicyclic) bond motifs is 1. The van der Waals surface area contributed by atoms with Crippen LogP contribution in [0.4, 0.5) is 5.69 Å². The highest BCUT2D eigenvalue weighted by Gasteiger charge is 2.35. The number of ether oxygens (including phenoxy) is 1. The van der Waals surface area contributed by atoms with Gasteiger partial charge in [-0.3, -0.25) is 0 Å². The first-order valence-corrected chi connectivity index (χ1v) is 6.43. The van der Waals surface area contributed by atoms with E-state index in [4.69, 9.17) is 4.74 Å². The van der Waals surface area contributed by atoms with Crippen LogP contribution >= 0.6 is 0 Å². The molecule has 0 radical (unpaired) electrons. The van der Waals surface area contributed by atoms with Crippen molar-refractivity contribution in [3.63, 3.8) is 0 Å². The van der Waals surface area contributed by atoms with E-state index in [1.54, 1.807) is 0 Å². The summed E-state index contributed by atoms with van der Waals surface area (Å²) >= 11 is 0. The van der Waals surface area contributed by atoms with Gasteiger partial charge in [-0.15, -0.1) is 0 Å². The third-order valence-corrected chi connectivity index (χ3v) is 3.28. The molecule has 0 fully saturated rings. The van der Waals surface area contributed by atoms with E-state index in [1.165, 1.54) is 0 Å². The fourth-order valence-corrected chi connectivity index (χ4v) is 2.46. The van der Waals surface area contributed by atoms with Crippen molar-refractivity contribution >= 4 is 11.7 Å². The van der Waals surface area contributed by atoms with E-state index in [1.807, 2.05) is 30.0 Å². The van der Waals surface area contributed by atoms with Crippen molar-refractivity contribution in [1.29, 1.82) is 0 Å². The van der Waals surface area contributed by atoms with Crippen molar-refractivity contribution < 1.29 is 14.6 Å². The largest absolute Gasteiger partial charge is 0.493 e. The molecule has 1 unspecified atom stereocenters. The van der Waals surface area contributed by atoms with Gasteiger partial charge in [0.2, 0.25) is 0 Å². The molecule has 4 nitrogen and oxygen atoms in total. The van der Waals surface area contributed by atoms with Crippen LogP contribution in [0.5, 0.6) is 5.75 Å². The van der Waals surface area contributed by atoms with Crippen molar-refractivity contribution in [1.82, 2.24) is 0 Å². The Balaban J connectivity index is 2.33. The lowest BCUT2D eigenvalue weighted by molar-refractivity contribution is -0.138. The molecule has 1 atom stereocenters. The average Bonchev–Trinajstić information content (AvgIpc) is 2.75. The summed E-state index contributed by atoms with van der Waals surface area (Å²) < 4.78 is 5.70. The lowest BCUT2D eigenvalue weighted by atomic mass is 10.1. The van der Waals surface area contributed by atoms with Crippen molar-refractivity contribution in [3.05, 3.63) is 23.8 Å². The molecule has 0 aromatic heterocycles. The monoisotopic (exact) mass is 249 g/mol. The number of hydrogen-bond donors (Lipinski definition) is 1. The van der Waals surface area contributed by atoms with Gasteiger partial charge in [0, 0.05) is 24.2 Å². The molecule has 0 bridgehead atoms. The number of aliphatic carboxylic acids is 1. The van der Waals surface area contributed by atoms with Gasteiger partial charge in [0.25, 0.3) is 0 Å². The summed E-state index contributed by atoms with van der Waals surface area (Å²) in [4.78, 5) is 13.2. The van der Waals surface area contributed by atoms with E-state index in [-0.39, 0.29) is 0 Å². The van der Waals surface area contributed by atoms with Crippen LogP contribution in [0.25, 0.3) is 0 Å². The number of likely N-dealkylation sites (N-methyl/N-ethyl adjacent to an activating group) is 1. The highest BCUT2D eigenvalue weighted by molar-refractivity contribution is 5.83. The molecule has 0 aliphatic carbocycles. The number of carbonyl (C=O) groups is 1. The quantitative estimate of drug-likeness (QED) is 0.870. The molecule has 4 heteroatoms. The number of carboxylic acid groups (broad SMARTS) is 1. The molecule has 1 aliphatic rings. The number of benzene rings is 1. The Morgan fingerprint density at radius 2 is 2.28 bits per heavy atom. The fourth-order valence-electron chi connectivity index (χ4n) is 2.46. The lowest BCUT2D eigenvalue weighted by Gasteiger charge is -2.22. The van der Waals surface area contributed by atoms with Gasteiger partial charge in [-0.25, -0.2) is 4.79 Å². The molecule has 0 spiro atoms. The maximum absolute atomic E-state index is 11.3. The maximum Gasteiger partial charge on any atom is 0.326 e. The van der Waals surface area contributed by atoms with Crippen LogP contribution in [0.2, 0.25) is 0 Å². The number of rotatable bonds is 5. The summed E-state index contributed by atoms with van der Waals surface area (Å²) in [5.41, 5.74) is 2.03. The molecule has 1 aliphatic heterocycles. The Morgan fingerprint density at radius 3 is 2.89 bits per heavy atom. The van der Waals surface area contributed by atoms with Gasteiger partial charge in [0.15, 0.2) is 0 Å². The van der Waals surface area contributed by atoms with Crippen LogP contribution in [0, 0.1) is 0 Å². The zero-order valence-corrected chi connectivity index (χ0v) is 10.8. The highest BCUT2D eigenvalue weighted by Crippen LogP contribution is 2.38. The van der Waals surface area contributed by atoms with E-state index in [9.17, 15) is 9.90 Å². The van der Waals surface area contributed by atoms with Gasteiger partial charge >= 0.3 is 5.97 Å². The molecule has 1 aromatic rings. The first-order chi connectivity index (χ1) is 8.69. The minimum atomic E-state index is -0.769. The van der Waals surface area contributed by atoms with E-state index in [0.717, 1.165) is 23.4 Å². The predicted octanol–water partition coefficient (Wildman–Crippen LogP) is 2.31. The van der Waals surface area contributed by atoms with Crippen molar-refractivity contribution in [2.24, 2.45) is 0 Å². The van der Waals surface area contributed by atoms with Crippen LogP contribution < -0.4 is 9.64 Å². The molecule has 0 amide bonds. The molecule has 0 saturated heterocycles. The molecule has 0 saturated carbocycles. The summed E-state index contributed by atoms with van der Waals surface area (Å²) in [6, 6.07) is 5.36. The Labute approximate surface area is 107 Å². The number of carboxylic acids is 1. The van der Waals surface area contributed by atoms with Gasteiger partial charge in [0.1, 0.15) is 11.8 Å². The third kappa shape index (κ3) is 2.15. The van der Waals surface area contributed by atoms with Crippen molar-refractivity contribution in [2.75, 3.05) is 18.1 Å². The van der Waals surface area contributed by atoms with Crippen LogP contribution in [-0.4, -0.2) is 30.3 Å². The SMILES string of the molecule is CCCOc1cccc2c1CC(C(=O)O)N2CC. The molecule has 2 rings (SSSR count). The van der Waals surface area contributed by atoms with E-state index < -0.39 is 12.0 Å². The molecule has 98 valence electrons. The summed E-state index contributed by atoms with van der Waals surface area (Å²) in [5, 5.41) is 9.27. The minimum Gasteiger partial charge on any atom is -0.493 e. The smallest absolute Gasteiger partial charge is 0.326 e. The Bertz CT molecular complexity index is 445. The summed E-state index contributed by atoms with van der Waals surface area (Å²) in [6.45, 7) is 5.40. The molecular formula is C14H19NO3. The summed E-state index contributed by atoms with van der Waals surface area (Å²) in [5.74, 6) is 0.0611. The zero-order valence-electron chi connectivity index (χ0n) is 10.8. The van der Waals surface area contributed by atoms with Crippen LogP contribution in [-0.2, 0) is 11.2 Å². The second-order valence-electron chi connectivity index (χ2n) is 4.45. The van der Waals surface area contributed by atoms with Crippen LogP contribution in [0.3, 0.4) is 0 Å². The Hall–Kier alpha value is -1.71. The second kappa shape index (κ2) is 5.29. The Morgan fingerprint density at radius 1 is 1.50 bits per heavy atom. The lowest BCUT2D eigenvalue weighted by Crippen LogP contribution is -2.38. The fraction of sp³-hybridized carbons (Fsp3) is 0.500. The van der Waals surface area contributed by atoms with Gasteiger partial charge in [-0.2, -0.15) is 0 Å². The first kappa shape index (κ1) is 12.7. The maximum atomic E-state index is 11.3. The van der Waals surface area contributed by atoms with Gasteiger partial charge in [0.05, 0.1) is 6.61 Å². The molecule has 18 heavy (non-hydrogen) atoms. The number of hydrogen-bond acceptors (Lipinski definition) is 3. The zero-order chi connectivity index (χ0) is 13.1. The van der Waals surface area contributed by atoms with E-state index in [0.29, 0.717) is 19.6 Å². The topological polar surface area (TPSA) is 49.8 Å². The average molecular weight is 249 g/mol. The molecule has 1 aromatic carbocycles. The predicted molar refractivity (Wildman–Crippen MR) is 70.4 cm³/mol. The van der Waals surface area contributed by atoms with Gasteiger partial charge in [-0.1, -0.05) is 13.0 Å². The number of anilines is 1. The summed E-state index contributed by atoms with van der Waals surface area (Å²) in [6.07, 6.45) is 1.47. The molecule has 1 heterocycles. The van der Waals surface area contributed by atoms with Crippen molar-refractivity contribution in [3.8, 4) is 5.75 Å². The molecular weight excluding hydrogens is 230 g/mol. The number of nitrogens with zero attached hydrogens (tertiary/aromatic N) is 1. The Kier molecular flexibility index (Phi) is 3.75. The minimum absolute atomic E-state index is 0.462.